The van der Waals surface area contributed by atoms with Crippen LogP contribution in [-0.2, 0) is 5.41 Å². The predicted molar refractivity (Wildman–Crippen MR) is 63.0 cm³/mol. The van der Waals surface area contributed by atoms with E-state index in [4.69, 9.17) is 16.1 Å². The molecule has 17 heavy (non-hydrogen) atoms. The second kappa shape index (κ2) is 3.47. The van der Waals surface area contributed by atoms with Crippen LogP contribution in [0.4, 0.5) is 0 Å². The van der Waals surface area contributed by atoms with Crippen LogP contribution in [0.15, 0.2) is 22.7 Å². The minimum Gasteiger partial charge on any atom is -0.508 e. The highest BCUT2D eigenvalue weighted by Crippen LogP contribution is 2.46. The first-order valence-corrected chi connectivity index (χ1v) is 5.79. The predicted octanol–water partition coefficient (Wildman–Crippen LogP) is 3.15. The maximum Gasteiger partial charge on any atom is 0.259 e. The van der Waals surface area contributed by atoms with Gasteiger partial charge < -0.3 is 9.63 Å². The molecule has 1 saturated carbocycles. The van der Waals surface area contributed by atoms with Crippen LogP contribution in [0.1, 0.15) is 25.6 Å². The van der Waals surface area contributed by atoms with Gasteiger partial charge in [-0.2, -0.15) is 4.98 Å². The molecule has 0 spiro atoms. The maximum absolute atomic E-state index is 9.43. The topological polar surface area (TPSA) is 59.2 Å². The van der Waals surface area contributed by atoms with Gasteiger partial charge in [-0.1, -0.05) is 23.7 Å². The van der Waals surface area contributed by atoms with Crippen LogP contribution in [0.3, 0.4) is 0 Å². The minimum absolute atomic E-state index is 0.0606. The third-order valence-electron chi connectivity index (χ3n) is 3.15. The van der Waals surface area contributed by atoms with E-state index in [1.165, 1.54) is 12.1 Å². The van der Waals surface area contributed by atoms with Crippen LogP contribution in [-0.4, -0.2) is 15.2 Å². The third-order valence-corrected chi connectivity index (χ3v) is 3.48. The summed E-state index contributed by atoms with van der Waals surface area (Å²) in [6, 6.07) is 4.65. The number of phenolic OH excluding ortho intramolecular Hbond substituents is 1. The second-order valence-corrected chi connectivity index (χ2v) is 5.06. The zero-order chi connectivity index (χ0) is 12.0. The molecule has 1 heterocycles. The van der Waals surface area contributed by atoms with E-state index in [-0.39, 0.29) is 11.2 Å². The molecule has 0 aliphatic heterocycles. The van der Waals surface area contributed by atoms with Crippen molar-refractivity contribution in [3.05, 3.63) is 29.0 Å². The van der Waals surface area contributed by atoms with E-state index in [9.17, 15) is 5.11 Å². The molecule has 0 saturated heterocycles. The van der Waals surface area contributed by atoms with E-state index in [1.54, 1.807) is 6.07 Å². The SMILES string of the molecule is CC1(c2noc(-c3cc(O)ccc3Cl)n2)CC1. The van der Waals surface area contributed by atoms with Gasteiger partial charge in [-0.3, -0.25) is 0 Å². The number of phenols is 1. The summed E-state index contributed by atoms with van der Waals surface area (Å²) in [5.41, 5.74) is 0.625. The lowest BCUT2D eigenvalue weighted by molar-refractivity contribution is 0.415. The van der Waals surface area contributed by atoms with E-state index >= 15 is 0 Å². The number of hydrogen-bond donors (Lipinski definition) is 1. The first-order chi connectivity index (χ1) is 8.08. The molecule has 1 fully saturated rings. The number of benzene rings is 1. The summed E-state index contributed by atoms with van der Waals surface area (Å²) < 4.78 is 5.20. The number of nitrogens with zero attached hydrogens (tertiary/aromatic N) is 2. The summed E-state index contributed by atoms with van der Waals surface area (Å²) in [4.78, 5) is 4.34. The Kier molecular flexibility index (Phi) is 2.16. The lowest BCUT2D eigenvalue weighted by atomic mass is 10.1. The van der Waals surface area contributed by atoms with Gasteiger partial charge in [0, 0.05) is 5.41 Å². The van der Waals surface area contributed by atoms with Crippen LogP contribution in [0.5, 0.6) is 5.75 Å². The molecule has 3 rings (SSSR count). The average molecular weight is 251 g/mol. The number of hydrogen-bond acceptors (Lipinski definition) is 4. The van der Waals surface area contributed by atoms with Crippen molar-refractivity contribution in [2.45, 2.75) is 25.2 Å². The molecule has 0 radical (unpaired) electrons. The van der Waals surface area contributed by atoms with Crippen LogP contribution >= 0.6 is 11.6 Å². The van der Waals surface area contributed by atoms with E-state index < -0.39 is 0 Å². The summed E-state index contributed by atoms with van der Waals surface area (Å²) >= 11 is 6.03. The Balaban J connectivity index is 2.03. The zero-order valence-corrected chi connectivity index (χ0v) is 10.0. The Bertz CT molecular complexity index is 576. The van der Waals surface area contributed by atoms with Crippen molar-refractivity contribution in [1.29, 1.82) is 0 Å². The highest BCUT2D eigenvalue weighted by atomic mass is 35.5. The Morgan fingerprint density at radius 2 is 2.18 bits per heavy atom. The van der Waals surface area contributed by atoms with E-state index in [1.807, 2.05) is 0 Å². The molecule has 1 aromatic heterocycles. The fraction of sp³-hybridized carbons (Fsp3) is 0.333. The quantitative estimate of drug-likeness (QED) is 0.890. The van der Waals surface area contributed by atoms with Gasteiger partial charge in [0.25, 0.3) is 5.89 Å². The van der Waals surface area contributed by atoms with Crippen molar-refractivity contribution >= 4 is 11.6 Å². The van der Waals surface area contributed by atoms with Crippen molar-refractivity contribution in [2.24, 2.45) is 0 Å². The molecule has 0 bridgehead atoms. The molecule has 1 N–H and O–H groups in total. The third kappa shape index (κ3) is 1.78. The van der Waals surface area contributed by atoms with E-state index in [0.29, 0.717) is 22.3 Å². The maximum atomic E-state index is 9.43. The molecule has 1 aliphatic carbocycles. The van der Waals surface area contributed by atoms with Gasteiger partial charge in [-0.15, -0.1) is 0 Å². The Morgan fingerprint density at radius 1 is 1.41 bits per heavy atom. The Hall–Kier alpha value is -1.55. The Morgan fingerprint density at radius 3 is 2.88 bits per heavy atom. The molecule has 0 amide bonds. The molecule has 1 aliphatic rings. The molecule has 1 aromatic carbocycles. The average Bonchev–Trinajstić information content (AvgIpc) is 2.88. The summed E-state index contributed by atoms with van der Waals surface area (Å²) in [7, 11) is 0. The first kappa shape index (κ1) is 10.6. The standard InChI is InChI=1S/C12H11ClN2O2/c1-12(4-5-12)11-14-10(17-15-11)8-6-7(16)2-3-9(8)13/h2-3,6,16H,4-5H2,1H3. The lowest BCUT2D eigenvalue weighted by Gasteiger charge is -1.99. The van der Waals surface area contributed by atoms with E-state index in [2.05, 4.69) is 17.1 Å². The number of halogens is 1. The monoisotopic (exact) mass is 250 g/mol. The van der Waals surface area contributed by atoms with E-state index in [0.717, 1.165) is 12.8 Å². The summed E-state index contributed by atoms with van der Waals surface area (Å²) in [6.07, 6.45) is 2.17. The Labute approximate surface area is 103 Å². The van der Waals surface area contributed by atoms with Gasteiger partial charge in [-0.05, 0) is 31.0 Å². The number of aromatic hydroxyl groups is 1. The highest BCUT2D eigenvalue weighted by Gasteiger charge is 2.43. The normalized spacial score (nSPS) is 17.1. The second-order valence-electron chi connectivity index (χ2n) is 4.65. The smallest absolute Gasteiger partial charge is 0.259 e. The van der Waals surface area contributed by atoms with Crippen LogP contribution in [0.25, 0.3) is 11.5 Å². The molecule has 0 atom stereocenters. The zero-order valence-electron chi connectivity index (χ0n) is 9.27. The molecule has 88 valence electrons. The molecule has 5 heteroatoms. The summed E-state index contributed by atoms with van der Waals surface area (Å²) in [5, 5.41) is 13.9. The molecule has 4 nitrogen and oxygen atoms in total. The van der Waals surface area contributed by atoms with Crippen LogP contribution in [0, 0.1) is 0 Å². The van der Waals surface area contributed by atoms with Gasteiger partial charge in [0.1, 0.15) is 5.75 Å². The van der Waals surface area contributed by atoms with Crippen LogP contribution < -0.4 is 0 Å². The van der Waals surface area contributed by atoms with Gasteiger partial charge in [0.2, 0.25) is 0 Å². The van der Waals surface area contributed by atoms with Crippen molar-refractivity contribution in [3.8, 4) is 17.2 Å². The fourth-order valence-corrected chi connectivity index (χ4v) is 1.86. The van der Waals surface area contributed by atoms with Crippen molar-refractivity contribution in [3.63, 3.8) is 0 Å². The summed E-state index contributed by atoms with van der Waals surface area (Å²) in [6.45, 7) is 2.10. The van der Waals surface area contributed by atoms with Crippen molar-refractivity contribution < 1.29 is 9.63 Å². The van der Waals surface area contributed by atoms with Gasteiger partial charge in [-0.25, -0.2) is 0 Å². The first-order valence-electron chi connectivity index (χ1n) is 5.42. The minimum atomic E-state index is 0.0606. The molecule has 2 aromatic rings. The van der Waals surface area contributed by atoms with Gasteiger partial charge in [0.05, 0.1) is 10.6 Å². The van der Waals surface area contributed by atoms with Crippen molar-refractivity contribution in [2.75, 3.05) is 0 Å². The highest BCUT2D eigenvalue weighted by molar-refractivity contribution is 6.33. The molecular weight excluding hydrogens is 240 g/mol. The molecule has 0 unspecified atom stereocenters. The summed E-state index contributed by atoms with van der Waals surface area (Å²) in [5.74, 6) is 1.20. The van der Waals surface area contributed by atoms with Gasteiger partial charge >= 0.3 is 0 Å². The van der Waals surface area contributed by atoms with Crippen molar-refractivity contribution in [1.82, 2.24) is 10.1 Å². The largest absolute Gasteiger partial charge is 0.508 e. The van der Waals surface area contributed by atoms with Crippen LogP contribution in [0.2, 0.25) is 5.02 Å². The van der Waals surface area contributed by atoms with Gasteiger partial charge in [0.15, 0.2) is 5.82 Å². The fourth-order valence-electron chi connectivity index (χ4n) is 1.67. The lowest BCUT2D eigenvalue weighted by Crippen LogP contribution is -2.01. The number of rotatable bonds is 2. The molecular formula is C12H11ClN2O2. The number of aromatic nitrogens is 2.